The molecular weight excluding hydrogens is 324 g/mol. The molecule has 0 radical (unpaired) electrons. The number of benzene rings is 2. The Balaban J connectivity index is 1.82. The summed E-state index contributed by atoms with van der Waals surface area (Å²) in [5.74, 6) is 0.468. The average molecular weight is 346 g/mol. The van der Waals surface area contributed by atoms with Gasteiger partial charge in [0.15, 0.2) is 0 Å². The zero-order chi connectivity index (χ0) is 18.2. The molecule has 4 aliphatic rings. The minimum atomic E-state index is -0.153. The average Bonchev–Trinajstić information content (AvgIpc) is 3.25. The van der Waals surface area contributed by atoms with Gasteiger partial charge in [-0.2, -0.15) is 0 Å². The van der Waals surface area contributed by atoms with Crippen molar-refractivity contribution in [2.24, 2.45) is 5.92 Å². The summed E-state index contributed by atoms with van der Waals surface area (Å²) in [6.07, 6.45) is 13.0. The first kappa shape index (κ1) is 15.2. The van der Waals surface area contributed by atoms with Crippen molar-refractivity contribution in [3.63, 3.8) is 0 Å². The van der Waals surface area contributed by atoms with Crippen LogP contribution in [0.1, 0.15) is 31.4 Å². The van der Waals surface area contributed by atoms with Crippen LogP contribution in [-0.2, 0) is 5.41 Å². The molecule has 0 bridgehead atoms. The first-order chi connectivity index (χ1) is 13.2. The van der Waals surface area contributed by atoms with Crippen LogP contribution in [0.4, 0.5) is 0 Å². The summed E-state index contributed by atoms with van der Waals surface area (Å²) in [6, 6.07) is 18.1. The van der Waals surface area contributed by atoms with Gasteiger partial charge in [-0.3, -0.25) is 0 Å². The third-order valence-corrected chi connectivity index (χ3v) is 6.75. The molecule has 0 saturated heterocycles. The van der Waals surface area contributed by atoms with E-state index < -0.39 is 0 Å². The highest BCUT2D eigenvalue weighted by atomic mass is 14.6. The molecule has 0 aliphatic heterocycles. The molecule has 1 atom stereocenters. The summed E-state index contributed by atoms with van der Waals surface area (Å²) in [6.45, 7) is 4.59. The molecule has 0 saturated carbocycles. The zero-order valence-corrected chi connectivity index (χ0v) is 15.8. The molecule has 0 aromatic heterocycles. The molecule has 0 N–H and O–H groups in total. The van der Waals surface area contributed by atoms with Crippen LogP contribution in [-0.4, -0.2) is 0 Å². The highest BCUT2D eigenvalue weighted by Crippen LogP contribution is 2.65. The Kier molecular flexibility index (Phi) is 2.88. The van der Waals surface area contributed by atoms with Gasteiger partial charge in [0.25, 0.3) is 0 Å². The fraction of sp³-hybridized carbons (Fsp3) is 0.185. The molecular formula is C27H22. The van der Waals surface area contributed by atoms with Gasteiger partial charge in [0.2, 0.25) is 0 Å². The molecule has 1 unspecified atom stereocenters. The smallest absolute Gasteiger partial charge is 0.0724 e. The monoisotopic (exact) mass is 346 g/mol. The van der Waals surface area contributed by atoms with Crippen LogP contribution in [0.25, 0.3) is 11.1 Å². The minimum absolute atomic E-state index is 0.153. The second kappa shape index (κ2) is 5.10. The van der Waals surface area contributed by atoms with Gasteiger partial charge >= 0.3 is 0 Å². The minimum Gasteiger partial charge on any atom is -0.0775 e. The van der Waals surface area contributed by atoms with Crippen LogP contribution in [0.3, 0.4) is 0 Å². The van der Waals surface area contributed by atoms with Crippen molar-refractivity contribution in [2.75, 3.05) is 0 Å². The molecule has 0 fully saturated rings. The van der Waals surface area contributed by atoms with Crippen LogP contribution >= 0.6 is 0 Å². The van der Waals surface area contributed by atoms with Crippen molar-refractivity contribution >= 4 is 0 Å². The molecule has 0 heteroatoms. The molecule has 6 rings (SSSR count). The van der Waals surface area contributed by atoms with Crippen LogP contribution in [0.5, 0.6) is 0 Å². The van der Waals surface area contributed by atoms with Gasteiger partial charge in [-0.05, 0) is 63.8 Å². The van der Waals surface area contributed by atoms with E-state index in [9.17, 15) is 0 Å². The van der Waals surface area contributed by atoms with Crippen molar-refractivity contribution in [1.82, 2.24) is 0 Å². The van der Waals surface area contributed by atoms with Crippen molar-refractivity contribution < 1.29 is 0 Å². The number of hydrogen-bond donors (Lipinski definition) is 0. The fourth-order valence-electron chi connectivity index (χ4n) is 5.69. The predicted octanol–water partition coefficient (Wildman–Crippen LogP) is 6.67. The van der Waals surface area contributed by atoms with E-state index in [-0.39, 0.29) is 5.41 Å². The normalized spacial score (nSPS) is 23.3. The van der Waals surface area contributed by atoms with Crippen molar-refractivity contribution in [2.45, 2.75) is 25.7 Å². The molecule has 27 heavy (non-hydrogen) atoms. The highest BCUT2D eigenvalue weighted by molar-refractivity contribution is 5.92. The van der Waals surface area contributed by atoms with Crippen LogP contribution < -0.4 is 0 Å². The first-order valence-corrected chi connectivity index (χ1v) is 9.94. The van der Waals surface area contributed by atoms with E-state index in [2.05, 4.69) is 92.8 Å². The molecule has 0 heterocycles. The zero-order valence-electron chi connectivity index (χ0n) is 15.8. The van der Waals surface area contributed by atoms with E-state index in [1.54, 1.807) is 0 Å². The molecule has 1 spiro atoms. The Hall–Kier alpha value is -2.86. The van der Waals surface area contributed by atoms with Crippen LogP contribution in [0.15, 0.2) is 107 Å². The third kappa shape index (κ3) is 1.69. The van der Waals surface area contributed by atoms with Crippen LogP contribution in [0, 0.1) is 5.92 Å². The number of rotatable bonds is 0. The Morgan fingerprint density at radius 1 is 0.852 bits per heavy atom. The lowest BCUT2D eigenvalue weighted by Gasteiger charge is -2.32. The van der Waals surface area contributed by atoms with Gasteiger partial charge in [-0.25, -0.2) is 0 Å². The van der Waals surface area contributed by atoms with E-state index in [0.29, 0.717) is 5.92 Å². The van der Waals surface area contributed by atoms with Gasteiger partial charge in [0.05, 0.1) is 5.41 Å². The lowest BCUT2D eigenvalue weighted by Crippen LogP contribution is -2.27. The van der Waals surface area contributed by atoms with Crippen LogP contribution in [0.2, 0.25) is 0 Å². The Bertz CT molecular complexity index is 1110. The Morgan fingerprint density at radius 3 is 2.19 bits per heavy atom. The summed E-state index contributed by atoms with van der Waals surface area (Å²) in [5, 5.41) is 0. The van der Waals surface area contributed by atoms with E-state index in [1.165, 1.54) is 50.1 Å². The number of fused-ring (bicyclic) bond motifs is 9. The summed E-state index contributed by atoms with van der Waals surface area (Å²) in [7, 11) is 0. The van der Waals surface area contributed by atoms with Crippen molar-refractivity contribution in [3.8, 4) is 11.1 Å². The first-order valence-electron chi connectivity index (χ1n) is 9.94. The van der Waals surface area contributed by atoms with Gasteiger partial charge in [-0.15, -0.1) is 0 Å². The maximum atomic E-state index is 2.45. The molecule has 4 aliphatic carbocycles. The maximum absolute atomic E-state index is 2.45. The second-order valence-corrected chi connectivity index (χ2v) is 8.22. The topological polar surface area (TPSA) is 0 Å². The highest BCUT2D eigenvalue weighted by Gasteiger charge is 2.54. The van der Waals surface area contributed by atoms with Gasteiger partial charge in [-0.1, -0.05) is 91.4 Å². The standard InChI is InChI=1S/C27H22/c1-17-11-14-21-22-15-13-18(2)26(22)27(25(21)16-12-17)23-9-5-3-7-19(23)20-8-4-6-10-24(20)27/h3-12,14-17H,13H2,1-2H3. The second-order valence-electron chi connectivity index (χ2n) is 8.22. The largest absolute Gasteiger partial charge is 0.0775 e. The van der Waals surface area contributed by atoms with Gasteiger partial charge in [0.1, 0.15) is 0 Å². The summed E-state index contributed by atoms with van der Waals surface area (Å²) < 4.78 is 0. The van der Waals surface area contributed by atoms with Crippen molar-refractivity contribution in [3.05, 3.63) is 118 Å². The molecule has 130 valence electrons. The molecule has 2 aromatic carbocycles. The Morgan fingerprint density at radius 2 is 1.48 bits per heavy atom. The third-order valence-electron chi connectivity index (χ3n) is 6.75. The molecule has 2 aromatic rings. The van der Waals surface area contributed by atoms with Crippen molar-refractivity contribution in [1.29, 1.82) is 0 Å². The van der Waals surface area contributed by atoms with E-state index in [4.69, 9.17) is 0 Å². The summed E-state index contributed by atoms with van der Waals surface area (Å²) in [4.78, 5) is 0. The van der Waals surface area contributed by atoms with E-state index >= 15 is 0 Å². The quantitative estimate of drug-likeness (QED) is 0.499. The summed E-state index contributed by atoms with van der Waals surface area (Å²) in [5.41, 5.74) is 12.9. The van der Waals surface area contributed by atoms with E-state index in [1.807, 2.05) is 0 Å². The summed E-state index contributed by atoms with van der Waals surface area (Å²) >= 11 is 0. The molecule has 0 amide bonds. The SMILES string of the molecule is CC1=C2C(=CC1)C1=C(C=CC(C)C=C1)C21c2ccccc2-c2ccccc21. The lowest BCUT2D eigenvalue weighted by atomic mass is 9.68. The Labute approximate surface area is 160 Å². The molecule has 0 nitrogen and oxygen atoms in total. The van der Waals surface area contributed by atoms with Gasteiger partial charge in [0, 0.05) is 0 Å². The van der Waals surface area contributed by atoms with E-state index in [0.717, 1.165) is 6.42 Å². The number of hydrogen-bond acceptors (Lipinski definition) is 0. The lowest BCUT2D eigenvalue weighted by molar-refractivity contribution is 0.772. The number of allylic oxidation sites excluding steroid dienone is 10. The maximum Gasteiger partial charge on any atom is 0.0724 e. The predicted molar refractivity (Wildman–Crippen MR) is 113 cm³/mol. The van der Waals surface area contributed by atoms with Gasteiger partial charge < -0.3 is 0 Å². The fourth-order valence-corrected chi connectivity index (χ4v) is 5.69.